The fourth-order valence-electron chi connectivity index (χ4n) is 1.32. The summed E-state index contributed by atoms with van der Waals surface area (Å²) in [5.41, 5.74) is -1.83. The molecular formula is C11H7F3INO2. The fraction of sp³-hybridized carbons (Fsp3) is 0.273. The summed E-state index contributed by atoms with van der Waals surface area (Å²) >= 11 is 1.40. The van der Waals surface area contributed by atoms with Gasteiger partial charge in [0.1, 0.15) is 6.07 Å². The second-order valence-electron chi connectivity index (χ2n) is 3.18. The predicted octanol–water partition coefficient (Wildman–Crippen LogP) is 3.36. The van der Waals surface area contributed by atoms with Crippen molar-refractivity contribution in [2.24, 2.45) is 0 Å². The van der Waals surface area contributed by atoms with E-state index in [1.165, 1.54) is 35.6 Å². The van der Waals surface area contributed by atoms with Crippen molar-refractivity contribution in [3.05, 3.63) is 32.4 Å². The number of halogens is 4. The van der Waals surface area contributed by atoms with Crippen molar-refractivity contribution in [3.63, 3.8) is 0 Å². The van der Waals surface area contributed by atoms with Crippen LogP contribution in [0.15, 0.2) is 12.1 Å². The van der Waals surface area contributed by atoms with Crippen molar-refractivity contribution in [1.82, 2.24) is 0 Å². The van der Waals surface area contributed by atoms with Crippen molar-refractivity contribution in [3.8, 4) is 6.07 Å². The first-order valence-electron chi connectivity index (χ1n) is 4.79. The first kappa shape index (κ1) is 14.8. The van der Waals surface area contributed by atoms with Crippen LogP contribution >= 0.6 is 22.6 Å². The normalized spacial score (nSPS) is 10.9. The topological polar surface area (TPSA) is 50.1 Å². The van der Waals surface area contributed by atoms with E-state index in [4.69, 9.17) is 5.26 Å². The van der Waals surface area contributed by atoms with Gasteiger partial charge in [0.2, 0.25) is 0 Å². The van der Waals surface area contributed by atoms with Crippen LogP contribution in [-0.4, -0.2) is 12.6 Å². The molecule has 0 amide bonds. The maximum atomic E-state index is 12.9. The van der Waals surface area contributed by atoms with Crippen LogP contribution < -0.4 is 0 Å². The molecule has 0 saturated carbocycles. The molecule has 18 heavy (non-hydrogen) atoms. The lowest BCUT2D eigenvalue weighted by Gasteiger charge is -2.14. The zero-order chi connectivity index (χ0) is 13.9. The molecule has 1 aromatic carbocycles. The monoisotopic (exact) mass is 369 g/mol. The lowest BCUT2D eigenvalue weighted by atomic mass is 10.0. The Morgan fingerprint density at radius 3 is 2.56 bits per heavy atom. The molecule has 1 aromatic rings. The summed E-state index contributed by atoms with van der Waals surface area (Å²) in [7, 11) is 0. The van der Waals surface area contributed by atoms with Crippen molar-refractivity contribution in [2.75, 3.05) is 6.61 Å². The summed E-state index contributed by atoms with van der Waals surface area (Å²) in [4.78, 5) is 11.5. The van der Waals surface area contributed by atoms with Crippen molar-refractivity contribution in [1.29, 1.82) is 5.26 Å². The van der Waals surface area contributed by atoms with Gasteiger partial charge in [0, 0.05) is 3.57 Å². The minimum atomic E-state index is -4.72. The molecule has 0 bridgehead atoms. The summed E-state index contributed by atoms with van der Waals surface area (Å²) in [6, 6.07) is 3.78. The van der Waals surface area contributed by atoms with Crippen LogP contribution in [0.1, 0.15) is 28.4 Å². The summed E-state index contributed by atoms with van der Waals surface area (Å²) in [6.07, 6.45) is -4.72. The molecule has 0 spiro atoms. The van der Waals surface area contributed by atoms with Gasteiger partial charge in [0.15, 0.2) is 0 Å². The average molecular weight is 369 g/mol. The molecule has 0 N–H and O–H groups in total. The molecule has 0 radical (unpaired) electrons. The molecule has 0 saturated heterocycles. The van der Waals surface area contributed by atoms with E-state index >= 15 is 0 Å². The van der Waals surface area contributed by atoms with Crippen molar-refractivity contribution >= 4 is 28.6 Å². The average Bonchev–Trinajstić information content (AvgIpc) is 2.27. The Balaban J connectivity index is 3.50. The highest BCUT2D eigenvalue weighted by Gasteiger charge is 2.39. The quantitative estimate of drug-likeness (QED) is 0.594. The van der Waals surface area contributed by atoms with Gasteiger partial charge in [-0.3, -0.25) is 0 Å². The molecule has 7 heteroatoms. The van der Waals surface area contributed by atoms with E-state index in [1.807, 2.05) is 0 Å². The second-order valence-corrected chi connectivity index (χ2v) is 4.26. The Hall–Kier alpha value is -1.30. The van der Waals surface area contributed by atoms with Crippen LogP contribution in [0, 0.1) is 14.9 Å². The van der Waals surface area contributed by atoms with E-state index in [-0.39, 0.29) is 15.7 Å². The van der Waals surface area contributed by atoms with Gasteiger partial charge in [-0.2, -0.15) is 18.4 Å². The number of hydrogen-bond acceptors (Lipinski definition) is 3. The van der Waals surface area contributed by atoms with Crippen LogP contribution in [0.3, 0.4) is 0 Å². The number of hydrogen-bond donors (Lipinski definition) is 0. The predicted molar refractivity (Wildman–Crippen MR) is 64.8 cm³/mol. The highest BCUT2D eigenvalue weighted by atomic mass is 127. The molecule has 0 fully saturated rings. The molecule has 0 heterocycles. The smallest absolute Gasteiger partial charge is 0.418 e. The van der Waals surface area contributed by atoms with E-state index in [0.29, 0.717) is 0 Å². The third kappa shape index (κ3) is 2.93. The molecule has 96 valence electrons. The van der Waals surface area contributed by atoms with E-state index < -0.39 is 23.3 Å². The largest absolute Gasteiger partial charge is 0.462 e. The first-order valence-corrected chi connectivity index (χ1v) is 5.87. The van der Waals surface area contributed by atoms with Gasteiger partial charge in [0.05, 0.1) is 23.3 Å². The van der Waals surface area contributed by atoms with Crippen LogP contribution in [0.4, 0.5) is 13.2 Å². The van der Waals surface area contributed by atoms with E-state index in [9.17, 15) is 18.0 Å². The molecule has 0 aliphatic heterocycles. The molecule has 0 aliphatic carbocycles. The Kier molecular flexibility index (Phi) is 4.56. The highest BCUT2D eigenvalue weighted by molar-refractivity contribution is 14.1. The minimum Gasteiger partial charge on any atom is -0.462 e. The standard InChI is InChI=1S/C11H7F3INO2/c1-2-18-10(17)7-4-3-6(5-16)9(15)8(7)11(12,13)14/h3-4H,2H2,1H3. The molecule has 0 unspecified atom stereocenters. The number of carbonyl (C=O) groups excluding carboxylic acids is 1. The Labute approximate surface area is 115 Å². The number of nitrogens with zero attached hydrogens (tertiary/aromatic N) is 1. The van der Waals surface area contributed by atoms with Gasteiger partial charge >= 0.3 is 12.1 Å². The fourth-order valence-corrected chi connectivity index (χ4v) is 2.22. The van der Waals surface area contributed by atoms with Crippen LogP contribution in [0.25, 0.3) is 0 Å². The summed E-state index contributed by atoms with van der Waals surface area (Å²) in [5.74, 6) is -1.05. The van der Waals surface area contributed by atoms with Crippen LogP contribution in [-0.2, 0) is 10.9 Å². The van der Waals surface area contributed by atoms with E-state index in [0.717, 1.165) is 6.07 Å². The lowest BCUT2D eigenvalue weighted by Crippen LogP contribution is -2.17. The summed E-state index contributed by atoms with van der Waals surface area (Å²) < 4.78 is 43.0. The van der Waals surface area contributed by atoms with Crippen LogP contribution in [0.2, 0.25) is 0 Å². The van der Waals surface area contributed by atoms with Gasteiger partial charge in [0.25, 0.3) is 0 Å². The zero-order valence-corrected chi connectivity index (χ0v) is 11.3. The Morgan fingerprint density at radius 1 is 1.50 bits per heavy atom. The summed E-state index contributed by atoms with van der Waals surface area (Å²) in [5, 5.41) is 8.70. The van der Waals surface area contributed by atoms with Gasteiger partial charge in [-0.05, 0) is 41.6 Å². The van der Waals surface area contributed by atoms with E-state index in [1.54, 1.807) is 6.07 Å². The van der Waals surface area contributed by atoms with Crippen LogP contribution in [0.5, 0.6) is 0 Å². The van der Waals surface area contributed by atoms with Gasteiger partial charge in [-0.25, -0.2) is 4.79 Å². The minimum absolute atomic E-state index is 0.0211. The SMILES string of the molecule is CCOC(=O)c1ccc(C#N)c(I)c1C(F)(F)F. The van der Waals surface area contributed by atoms with E-state index in [2.05, 4.69) is 4.74 Å². The number of ether oxygens (including phenoxy) is 1. The maximum Gasteiger partial charge on any atom is 0.418 e. The first-order chi connectivity index (χ1) is 8.32. The maximum absolute atomic E-state index is 12.9. The molecular weight excluding hydrogens is 362 g/mol. The third-order valence-electron chi connectivity index (χ3n) is 2.04. The number of alkyl halides is 3. The number of carbonyl (C=O) groups is 1. The molecule has 3 nitrogen and oxygen atoms in total. The van der Waals surface area contributed by atoms with Gasteiger partial charge in [-0.1, -0.05) is 0 Å². The number of nitriles is 1. The molecule has 0 aliphatic rings. The molecule has 0 aromatic heterocycles. The number of benzene rings is 1. The zero-order valence-electron chi connectivity index (χ0n) is 9.14. The van der Waals surface area contributed by atoms with Crippen molar-refractivity contribution < 1.29 is 22.7 Å². The second kappa shape index (κ2) is 5.56. The van der Waals surface area contributed by atoms with Gasteiger partial charge < -0.3 is 4.74 Å². The Bertz CT molecular complexity index is 520. The third-order valence-corrected chi connectivity index (χ3v) is 3.16. The highest BCUT2D eigenvalue weighted by Crippen LogP contribution is 2.37. The Morgan fingerprint density at radius 2 is 2.11 bits per heavy atom. The lowest BCUT2D eigenvalue weighted by molar-refractivity contribution is -0.138. The number of rotatable bonds is 2. The number of esters is 1. The molecule has 1 rings (SSSR count). The van der Waals surface area contributed by atoms with Gasteiger partial charge in [-0.15, -0.1) is 0 Å². The van der Waals surface area contributed by atoms with Crippen molar-refractivity contribution in [2.45, 2.75) is 13.1 Å². The molecule has 0 atom stereocenters. The summed E-state index contributed by atoms with van der Waals surface area (Å²) in [6.45, 7) is 1.48.